The van der Waals surface area contributed by atoms with Crippen molar-refractivity contribution in [1.29, 1.82) is 0 Å². The molecule has 0 bridgehead atoms. The molecule has 0 aliphatic carbocycles. The minimum atomic E-state index is 0.149. The molecule has 0 saturated carbocycles. The first-order valence-electron chi connectivity index (χ1n) is 10.3. The van der Waals surface area contributed by atoms with E-state index in [2.05, 4.69) is 25.1 Å². The van der Waals surface area contributed by atoms with Crippen molar-refractivity contribution in [2.24, 2.45) is 5.92 Å². The lowest BCUT2D eigenvalue weighted by molar-refractivity contribution is -0.125. The van der Waals surface area contributed by atoms with E-state index in [9.17, 15) is 4.79 Å². The average molecular weight is 360 g/mol. The van der Waals surface area contributed by atoms with Crippen LogP contribution in [0.5, 0.6) is 0 Å². The molecule has 2 aliphatic rings. The van der Waals surface area contributed by atoms with Crippen LogP contribution >= 0.6 is 0 Å². The van der Waals surface area contributed by atoms with E-state index in [0.717, 1.165) is 44.7 Å². The standard InChI is InChI=1S/C20H33N5O/c26-20(23-9-3-1-4-12-24-13-5-2-6-14-24)18-7-15-25(16-8-18)19-17-21-10-11-22-19/h10-11,17-18H,1-9,12-16H2,(H,23,26). The number of carbonyl (C=O) groups is 1. The normalized spacial score (nSPS) is 19.5. The molecule has 3 rings (SSSR count). The highest BCUT2D eigenvalue weighted by Crippen LogP contribution is 2.21. The predicted molar refractivity (Wildman–Crippen MR) is 104 cm³/mol. The van der Waals surface area contributed by atoms with Crippen LogP contribution in [0.2, 0.25) is 0 Å². The summed E-state index contributed by atoms with van der Waals surface area (Å²) < 4.78 is 0. The maximum absolute atomic E-state index is 12.4. The Bertz CT molecular complexity index is 524. The maximum atomic E-state index is 12.4. The van der Waals surface area contributed by atoms with E-state index in [1.165, 1.54) is 51.7 Å². The lowest BCUT2D eigenvalue weighted by Gasteiger charge is -2.31. The smallest absolute Gasteiger partial charge is 0.223 e. The van der Waals surface area contributed by atoms with E-state index in [4.69, 9.17) is 0 Å². The second-order valence-electron chi connectivity index (χ2n) is 7.58. The van der Waals surface area contributed by atoms with Gasteiger partial charge < -0.3 is 15.1 Å². The first kappa shape index (κ1) is 19.1. The highest BCUT2D eigenvalue weighted by Gasteiger charge is 2.25. The van der Waals surface area contributed by atoms with Crippen molar-refractivity contribution >= 4 is 11.7 Å². The monoisotopic (exact) mass is 359 g/mol. The zero-order chi connectivity index (χ0) is 18.0. The van der Waals surface area contributed by atoms with Crippen molar-refractivity contribution in [3.05, 3.63) is 18.6 Å². The molecule has 0 radical (unpaired) electrons. The van der Waals surface area contributed by atoms with Crippen molar-refractivity contribution in [2.45, 2.75) is 51.4 Å². The fourth-order valence-electron chi connectivity index (χ4n) is 4.00. The van der Waals surface area contributed by atoms with E-state index < -0.39 is 0 Å². The van der Waals surface area contributed by atoms with Crippen LogP contribution in [0.25, 0.3) is 0 Å². The fraction of sp³-hybridized carbons (Fsp3) is 0.750. The molecule has 0 atom stereocenters. The lowest BCUT2D eigenvalue weighted by atomic mass is 9.96. The number of rotatable bonds is 8. The summed E-state index contributed by atoms with van der Waals surface area (Å²) in [5, 5.41) is 3.15. The van der Waals surface area contributed by atoms with Crippen LogP contribution in [0.3, 0.4) is 0 Å². The van der Waals surface area contributed by atoms with Gasteiger partial charge in [-0.15, -0.1) is 0 Å². The SMILES string of the molecule is O=C(NCCCCCN1CCCCC1)C1CCN(c2cnccn2)CC1. The molecule has 1 aromatic rings. The van der Waals surface area contributed by atoms with Crippen molar-refractivity contribution < 1.29 is 4.79 Å². The van der Waals surface area contributed by atoms with Gasteiger partial charge in [0.05, 0.1) is 6.20 Å². The molecule has 26 heavy (non-hydrogen) atoms. The average Bonchev–Trinajstić information content (AvgIpc) is 2.72. The number of nitrogens with one attached hydrogen (secondary N) is 1. The van der Waals surface area contributed by atoms with Crippen LogP contribution in [0.4, 0.5) is 5.82 Å². The Morgan fingerprint density at radius 1 is 1.04 bits per heavy atom. The molecule has 0 aromatic carbocycles. The Kier molecular flexibility index (Phi) is 7.67. The van der Waals surface area contributed by atoms with E-state index in [-0.39, 0.29) is 11.8 Å². The zero-order valence-corrected chi connectivity index (χ0v) is 15.9. The summed E-state index contributed by atoms with van der Waals surface area (Å²) in [7, 11) is 0. The molecule has 144 valence electrons. The van der Waals surface area contributed by atoms with Gasteiger partial charge in [-0.2, -0.15) is 0 Å². The van der Waals surface area contributed by atoms with Crippen molar-refractivity contribution in [1.82, 2.24) is 20.2 Å². The highest BCUT2D eigenvalue weighted by atomic mass is 16.1. The zero-order valence-electron chi connectivity index (χ0n) is 15.9. The molecule has 0 unspecified atom stereocenters. The molecule has 1 N–H and O–H groups in total. The van der Waals surface area contributed by atoms with Gasteiger partial charge in [0.25, 0.3) is 0 Å². The summed E-state index contributed by atoms with van der Waals surface area (Å²) in [6.07, 6.45) is 14.7. The van der Waals surface area contributed by atoms with Gasteiger partial charge in [0.1, 0.15) is 5.82 Å². The molecule has 2 saturated heterocycles. The second kappa shape index (κ2) is 10.5. The number of hydrogen-bond acceptors (Lipinski definition) is 5. The largest absolute Gasteiger partial charge is 0.356 e. The minimum Gasteiger partial charge on any atom is -0.356 e. The molecule has 6 nitrogen and oxygen atoms in total. The van der Waals surface area contributed by atoms with Crippen LogP contribution in [0, 0.1) is 5.92 Å². The van der Waals surface area contributed by atoms with Gasteiger partial charge >= 0.3 is 0 Å². The third-order valence-electron chi connectivity index (χ3n) is 5.64. The molecule has 1 amide bonds. The summed E-state index contributed by atoms with van der Waals surface area (Å²) in [6, 6.07) is 0. The number of anilines is 1. The summed E-state index contributed by atoms with van der Waals surface area (Å²) >= 11 is 0. The van der Waals surface area contributed by atoms with E-state index in [0.29, 0.717) is 0 Å². The first-order chi connectivity index (χ1) is 12.8. The topological polar surface area (TPSA) is 61.4 Å². The van der Waals surface area contributed by atoms with Gasteiger partial charge in [-0.25, -0.2) is 4.98 Å². The molecule has 1 aromatic heterocycles. The molecule has 2 fully saturated rings. The van der Waals surface area contributed by atoms with Crippen LogP contribution in [0.15, 0.2) is 18.6 Å². The minimum absolute atomic E-state index is 0.149. The molecule has 0 spiro atoms. The van der Waals surface area contributed by atoms with Crippen LogP contribution in [0.1, 0.15) is 51.4 Å². The van der Waals surface area contributed by atoms with Gasteiger partial charge in [0.15, 0.2) is 0 Å². The fourth-order valence-corrected chi connectivity index (χ4v) is 4.00. The Morgan fingerprint density at radius 3 is 2.58 bits per heavy atom. The van der Waals surface area contributed by atoms with Gasteiger partial charge in [-0.3, -0.25) is 9.78 Å². The van der Waals surface area contributed by atoms with Crippen LogP contribution < -0.4 is 10.2 Å². The molecule has 3 heterocycles. The molecular weight excluding hydrogens is 326 g/mol. The van der Waals surface area contributed by atoms with Crippen molar-refractivity contribution in [3.63, 3.8) is 0 Å². The molecular formula is C20H33N5O. The molecule has 2 aliphatic heterocycles. The van der Waals surface area contributed by atoms with Gasteiger partial charge in [0, 0.05) is 37.9 Å². The van der Waals surface area contributed by atoms with E-state index in [1.54, 1.807) is 18.6 Å². The second-order valence-corrected chi connectivity index (χ2v) is 7.58. The number of unbranched alkanes of at least 4 members (excludes halogenated alkanes) is 2. The predicted octanol–water partition coefficient (Wildman–Crippen LogP) is 2.47. The third-order valence-corrected chi connectivity index (χ3v) is 5.64. The first-order valence-corrected chi connectivity index (χ1v) is 10.3. The summed E-state index contributed by atoms with van der Waals surface area (Å²) in [4.78, 5) is 25.6. The quantitative estimate of drug-likeness (QED) is 0.723. The highest BCUT2D eigenvalue weighted by molar-refractivity contribution is 5.78. The number of piperidine rings is 2. The summed E-state index contributed by atoms with van der Waals surface area (Å²) in [5.41, 5.74) is 0. The summed E-state index contributed by atoms with van der Waals surface area (Å²) in [6.45, 7) is 6.38. The van der Waals surface area contributed by atoms with Gasteiger partial charge in [0.2, 0.25) is 5.91 Å². The number of likely N-dealkylation sites (tertiary alicyclic amines) is 1. The number of hydrogen-bond donors (Lipinski definition) is 1. The van der Waals surface area contributed by atoms with Gasteiger partial charge in [-0.1, -0.05) is 12.8 Å². The Morgan fingerprint density at radius 2 is 1.85 bits per heavy atom. The number of nitrogens with zero attached hydrogens (tertiary/aromatic N) is 4. The van der Waals surface area contributed by atoms with Crippen molar-refractivity contribution in [2.75, 3.05) is 44.2 Å². The Hall–Kier alpha value is -1.69. The van der Waals surface area contributed by atoms with Crippen molar-refractivity contribution in [3.8, 4) is 0 Å². The Labute approximate surface area is 157 Å². The lowest BCUT2D eigenvalue weighted by Crippen LogP contribution is -2.41. The van der Waals surface area contributed by atoms with E-state index in [1.807, 2.05) is 0 Å². The Balaban J connectivity index is 1.24. The third kappa shape index (κ3) is 5.94. The number of amides is 1. The van der Waals surface area contributed by atoms with Crippen LogP contribution in [-0.2, 0) is 4.79 Å². The molecule has 6 heteroatoms. The number of carbonyl (C=O) groups excluding carboxylic acids is 1. The van der Waals surface area contributed by atoms with Crippen LogP contribution in [-0.4, -0.2) is 60.0 Å². The van der Waals surface area contributed by atoms with Gasteiger partial charge in [-0.05, 0) is 58.2 Å². The number of aromatic nitrogens is 2. The van der Waals surface area contributed by atoms with E-state index >= 15 is 0 Å². The maximum Gasteiger partial charge on any atom is 0.223 e. The summed E-state index contributed by atoms with van der Waals surface area (Å²) in [5.74, 6) is 1.30.